The van der Waals surface area contributed by atoms with Crippen molar-refractivity contribution in [1.82, 2.24) is 9.88 Å². The second-order valence-electron chi connectivity index (χ2n) is 4.96. The minimum Gasteiger partial charge on any atom is -0.343 e. The third-order valence-corrected chi connectivity index (χ3v) is 3.71. The molecular weight excluding hydrogens is 328 g/mol. The fourth-order valence-electron chi connectivity index (χ4n) is 1.73. The van der Waals surface area contributed by atoms with Crippen molar-refractivity contribution < 1.29 is 14.4 Å². The fourth-order valence-corrected chi connectivity index (χ4v) is 2.41. The molecule has 0 saturated carbocycles. The van der Waals surface area contributed by atoms with E-state index < -0.39 is 0 Å². The van der Waals surface area contributed by atoms with E-state index in [1.165, 1.54) is 16.2 Å². The Morgan fingerprint density at radius 3 is 2.42 bits per heavy atom. The highest BCUT2D eigenvalue weighted by Gasteiger charge is 2.14. The van der Waals surface area contributed by atoms with Crippen LogP contribution in [0, 0.1) is 0 Å². The first-order valence-corrected chi connectivity index (χ1v) is 7.80. The third kappa shape index (κ3) is 4.26. The summed E-state index contributed by atoms with van der Waals surface area (Å²) in [5.41, 5.74) is 1.25. The van der Waals surface area contributed by atoms with E-state index in [0.29, 0.717) is 16.4 Å². The van der Waals surface area contributed by atoms with Crippen LogP contribution >= 0.6 is 11.3 Å². The predicted octanol–water partition coefficient (Wildman–Crippen LogP) is 2.22. The molecule has 2 rings (SSSR count). The Labute approximate surface area is 143 Å². The zero-order chi connectivity index (χ0) is 17.7. The van der Waals surface area contributed by atoms with Crippen LogP contribution in [0.5, 0.6) is 0 Å². The summed E-state index contributed by atoms with van der Waals surface area (Å²) < 4.78 is 0. The first-order chi connectivity index (χ1) is 11.4. The molecule has 0 bridgehead atoms. The summed E-state index contributed by atoms with van der Waals surface area (Å²) >= 11 is 1.17. The van der Waals surface area contributed by atoms with E-state index in [9.17, 15) is 14.4 Å². The number of hydrogen-bond acceptors (Lipinski definition) is 5. The highest BCUT2D eigenvalue weighted by molar-refractivity contribution is 7.14. The van der Waals surface area contributed by atoms with Crippen LogP contribution in [-0.2, 0) is 4.79 Å². The maximum Gasteiger partial charge on any atom is 0.272 e. The van der Waals surface area contributed by atoms with E-state index in [4.69, 9.17) is 0 Å². The number of nitrogens with one attached hydrogen (secondary N) is 2. The van der Waals surface area contributed by atoms with Gasteiger partial charge in [-0.3, -0.25) is 19.7 Å². The van der Waals surface area contributed by atoms with Crippen molar-refractivity contribution in [2.24, 2.45) is 0 Å². The van der Waals surface area contributed by atoms with E-state index in [0.717, 1.165) is 6.08 Å². The molecule has 124 valence electrons. The average molecular weight is 344 g/mol. The molecule has 7 nitrogen and oxygen atoms in total. The number of nitrogens with zero attached hydrogens (tertiary/aromatic N) is 2. The van der Waals surface area contributed by atoms with Gasteiger partial charge in [0.25, 0.3) is 11.8 Å². The summed E-state index contributed by atoms with van der Waals surface area (Å²) in [6, 6.07) is 6.37. The maximum absolute atomic E-state index is 12.2. The summed E-state index contributed by atoms with van der Waals surface area (Å²) in [6.07, 6.45) is 1.16. The van der Waals surface area contributed by atoms with Crippen molar-refractivity contribution >= 4 is 39.9 Å². The summed E-state index contributed by atoms with van der Waals surface area (Å²) in [5.74, 6) is -0.906. The summed E-state index contributed by atoms with van der Waals surface area (Å²) in [7, 11) is 3.26. The highest BCUT2D eigenvalue weighted by Crippen LogP contribution is 2.18. The lowest BCUT2D eigenvalue weighted by Gasteiger charge is -2.07. The smallest absolute Gasteiger partial charge is 0.272 e. The van der Waals surface area contributed by atoms with Crippen LogP contribution in [0.25, 0.3) is 0 Å². The molecule has 0 spiro atoms. The van der Waals surface area contributed by atoms with Crippen LogP contribution in [0.1, 0.15) is 20.8 Å². The second-order valence-corrected chi connectivity index (χ2v) is 5.82. The maximum atomic E-state index is 12.2. The van der Waals surface area contributed by atoms with Crippen LogP contribution in [-0.4, -0.2) is 41.7 Å². The molecule has 0 unspecified atom stereocenters. The minimum absolute atomic E-state index is 0.228. The molecule has 0 aliphatic heterocycles. The molecule has 1 aromatic carbocycles. The molecule has 24 heavy (non-hydrogen) atoms. The zero-order valence-electron chi connectivity index (χ0n) is 13.2. The number of carbonyl (C=O) groups excluding carboxylic acids is 3. The Morgan fingerprint density at radius 2 is 1.83 bits per heavy atom. The molecule has 0 fully saturated rings. The number of carbonyl (C=O) groups is 3. The molecule has 2 N–H and O–H groups in total. The Morgan fingerprint density at radius 1 is 1.17 bits per heavy atom. The van der Waals surface area contributed by atoms with E-state index in [-0.39, 0.29) is 23.4 Å². The summed E-state index contributed by atoms with van der Waals surface area (Å²) in [5, 5.41) is 7.16. The van der Waals surface area contributed by atoms with Gasteiger partial charge in [-0.2, -0.15) is 0 Å². The van der Waals surface area contributed by atoms with Gasteiger partial charge in [-0.1, -0.05) is 6.58 Å². The van der Waals surface area contributed by atoms with Gasteiger partial charge in [-0.25, -0.2) is 4.98 Å². The van der Waals surface area contributed by atoms with Gasteiger partial charge in [-0.05, 0) is 30.3 Å². The number of hydrogen-bond donors (Lipinski definition) is 2. The van der Waals surface area contributed by atoms with E-state index in [1.807, 2.05) is 0 Å². The molecule has 0 aliphatic carbocycles. The number of rotatable bonds is 5. The van der Waals surface area contributed by atoms with E-state index in [1.54, 1.807) is 43.7 Å². The Hall–Kier alpha value is -3.00. The molecular formula is C16H16N4O3S. The summed E-state index contributed by atoms with van der Waals surface area (Å²) in [6.45, 7) is 3.37. The van der Waals surface area contributed by atoms with E-state index >= 15 is 0 Å². The van der Waals surface area contributed by atoms with Crippen LogP contribution in [0.3, 0.4) is 0 Å². The number of anilines is 2. The first-order valence-electron chi connectivity index (χ1n) is 6.92. The SMILES string of the molecule is C=CC(=O)Nc1ccc(C(=O)Nc2nc(C(=O)N(C)C)cs2)cc1. The molecule has 3 amide bonds. The number of amides is 3. The van der Waals surface area contributed by atoms with E-state index in [2.05, 4.69) is 22.2 Å². The fraction of sp³-hybridized carbons (Fsp3) is 0.125. The topological polar surface area (TPSA) is 91.4 Å². The zero-order valence-corrected chi connectivity index (χ0v) is 14.0. The van der Waals surface area contributed by atoms with Gasteiger partial charge in [0.1, 0.15) is 5.69 Å². The molecule has 8 heteroatoms. The van der Waals surface area contributed by atoms with Crippen molar-refractivity contribution in [2.45, 2.75) is 0 Å². The molecule has 2 aromatic rings. The normalized spacial score (nSPS) is 9.92. The molecule has 0 aliphatic rings. The number of benzene rings is 1. The molecule has 0 radical (unpaired) electrons. The van der Waals surface area contributed by atoms with Crippen molar-refractivity contribution in [3.05, 3.63) is 53.6 Å². The van der Waals surface area contributed by atoms with Crippen LogP contribution < -0.4 is 10.6 Å². The highest BCUT2D eigenvalue weighted by atomic mass is 32.1. The third-order valence-electron chi connectivity index (χ3n) is 2.95. The monoisotopic (exact) mass is 344 g/mol. The largest absolute Gasteiger partial charge is 0.343 e. The lowest BCUT2D eigenvalue weighted by Crippen LogP contribution is -2.22. The van der Waals surface area contributed by atoms with Crippen LogP contribution in [0.15, 0.2) is 42.3 Å². The van der Waals surface area contributed by atoms with Gasteiger partial charge in [0.15, 0.2) is 5.13 Å². The van der Waals surface area contributed by atoms with Gasteiger partial charge < -0.3 is 10.2 Å². The van der Waals surface area contributed by atoms with Gasteiger partial charge in [0, 0.05) is 30.7 Å². The minimum atomic E-state index is -0.352. The van der Waals surface area contributed by atoms with Crippen molar-refractivity contribution in [2.75, 3.05) is 24.7 Å². The number of thiazole rings is 1. The quantitative estimate of drug-likeness (QED) is 0.814. The van der Waals surface area contributed by atoms with Crippen LogP contribution in [0.4, 0.5) is 10.8 Å². The standard InChI is InChI=1S/C16H16N4O3S/c1-4-13(21)17-11-7-5-10(6-8-11)14(22)19-16-18-12(9-24-16)15(23)20(2)3/h4-9H,1H2,2-3H3,(H,17,21)(H,18,19,22). The Balaban J connectivity index is 2.03. The number of aromatic nitrogens is 1. The van der Waals surface area contributed by atoms with Crippen molar-refractivity contribution in [3.8, 4) is 0 Å². The molecule has 1 heterocycles. The summed E-state index contributed by atoms with van der Waals surface area (Å²) in [4.78, 5) is 40.7. The van der Waals surface area contributed by atoms with Gasteiger partial charge in [0.05, 0.1) is 0 Å². The second kappa shape index (κ2) is 7.51. The lowest BCUT2D eigenvalue weighted by atomic mass is 10.2. The lowest BCUT2D eigenvalue weighted by molar-refractivity contribution is -0.111. The van der Waals surface area contributed by atoms with Gasteiger partial charge >= 0.3 is 0 Å². The Bertz CT molecular complexity index is 781. The van der Waals surface area contributed by atoms with Crippen molar-refractivity contribution in [1.29, 1.82) is 0 Å². The average Bonchev–Trinajstić information content (AvgIpc) is 3.02. The first kappa shape index (κ1) is 17.4. The molecule has 0 atom stereocenters. The van der Waals surface area contributed by atoms with Gasteiger partial charge in [0.2, 0.25) is 5.91 Å². The molecule has 0 saturated heterocycles. The predicted molar refractivity (Wildman–Crippen MR) is 93.4 cm³/mol. The van der Waals surface area contributed by atoms with Gasteiger partial charge in [-0.15, -0.1) is 11.3 Å². The molecule has 1 aromatic heterocycles. The Kier molecular flexibility index (Phi) is 5.43. The van der Waals surface area contributed by atoms with Crippen LogP contribution in [0.2, 0.25) is 0 Å². The van der Waals surface area contributed by atoms with Crippen molar-refractivity contribution in [3.63, 3.8) is 0 Å².